The van der Waals surface area contributed by atoms with Crippen molar-refractivity contribution in [3.8, 4) is 0 Å². The van der Waals surface area contributed by atoms with Crippen LogP contribution >= 0.6 is 0 Å². The molecule has 0 saturated carbocycles. The first-order chi connectivity index (χ1) is 13.0. The van der Waals surface area contributed by atoms with Crippen molar-refractivity contribution in [2.24, 2.45) is 0 Å². The normalized spacial score (nSPS) is 16.5. The van der Waals surface area contributed by atoms with Crippen molar-refractivity contribution in [1.82, 2.24) is 29.9 Å². The number of piperazine rings is 1. The number of hydrogen-bond donors (Lipinski definition) is 1. The van der Waals surface area contributed by atoms with E-state index in [-0.39, 0.29) is 12.1 Å². The summed E-state index contributed by atoms with van der Waals surface area (Å²) in [6.07, 6.45) is 3.29. The summed E-state index contributed by atoms with van der Waals surface area (Å²) in [5, 5.41) is 7.25. The fourth-order valence-corrected chi connectivity index (χ4v) is 3.30. The lowest BCUT2D eigenvalue weighted by Crippen LogP contribution is -2.52. The van der Waals surface area contributed by atoms with Crippen LogP contribution in [0.15, 0.2) is 36.9 Å². The first-order valence-corrected chi connectivity index (χ1v) is 9.73. The molecule has 2 amide bonds. The van der Waals surface area contributed by atoms with E-state index in [9.17, 15) is 4.79 Å². The molecule has 2 heterocycles. The molecule has 3 rings (SSSR count). The average Bonchev–Trinajstić information content (AvgIpc) is 3.20. The summed E-state index contributed by atoms with van der Waals surface area (Å²) in [6.45, 7) is 11.4. The second-order valence-corrected chi connectivity index (χ2v) is 7.48. The van der Waals surface area contributed by atoms with E-state index in [0.717, 1.165) is 44.8 Å². The number of nitrogens with zero attached hydrogens (tertiary/aromatic N) is 5. The molecule has 1 aromatic heterocycles. The Morgan fingerprint density at radius 3 is 2.30 bits per heavy atom. The van der Waals surface area contributed by atoms with Gasteiger partial charge in [-0.3, -0.25) is 9.58 Å². The van der Waals surface area contributed by atoms with Gasteiger partial charge in [0.2, 0.25) is 0 Å². The minimum atomic E-state index is 0.00376. The number of aromatic nitrogens is 3. The summed E-state index contributed by atoms with van der Waals surface area (Å²) in [5.41, 5.74) is 2.46. The standard InChI is InChI=1S/C20H30N6O/c1-16(2)18-4-6-19(7-5-18)17(3)23-20(27)25-11-8-24(9-12-25)10-13-26-15-21-14-22-26/h4-7,14-17H,8-13H2,1-3H3,(H,23,27). The van der Waals surface area contributed by atoms with Crippen LogP contribution in [0.3, 0.4) is 0 Å². The number of carbonyl (C=O) groups is 1. The molecule has 1 aliphatic rings. The number of urea groups is 1. The molecule has 7 heteroatoms. The van der Waals surface area contributed by atoms with Crippen LogP contribution in [-0.2, 0) is 6.54 Å². The molecule has 0 bridgehead atoms. The second kappa shape index (κ2) is 8.99. The maximum absolute atomic E-state index is 12.6. The maximum Gasteiger partial charge on any atom is 0.317 e. The van der Waals surface area contributed by atoms with Crippen molar-refractivity contribution >= 4 is 6.03 Å². The summed E-state index contributed by atoms with van der Waals surface area (Å²) < 4.78 is 1.84. The molecule has 1 aromatic carbocycles. The second-order valence-electron chi connectivity index (χ2n) is 7.48. The average molecular weight is 371 g/mol. The Morgan fingerprint density at radius 1 is 1.04 bits per heavy atom. The summed E-state index contributed by atoms with van der Waals surface area (Å²) in [4.78, 5) is 20.8. The van der Waals surface area contributed by atoms with Crippen LogP contribution in [0.25, 0.3) is 0 Å². The Bertz CT molecular complexity index is 705. The third kappa shape index (κ3) is 5.29. The van der Waals surface area contributed by atoms with Gasteiger partial charge >= 0.3 is 6.03 Å². The highest BCUT2D eigenvalue weighted by Crippen LogP contribution is 2.19. The van der Waals surface area contributed by atoms with Crippen molar-refractivity contribution in [1.29, 1.82) is 0 Å². The van der Waals surface area contributed by atoms with Gasteiger partial charge in [0, 0.05) is 32.7 Å². The molecule has 27 heavy (non-hydrogen) atoms. The first-order valence-electron chi connectivity index (χ1n) is 9.73. The van der Waals surface area contributed by atoms with Crippen LogP contribution in [0.5, 0.6) is 0 Å². The molecule has 146 valence electrons. The van der Waals surface area contributed by atoms with E-state index in [0.29, 0.717) is 5.92 Å². The van der Waals surface area contributed by atoms with E-state index in [4.69, 9.17) is 0 Å². The summed E-state index contributed by atoms with van der Waals surface area (Å²) in [7, 11) is 0. The van der Waals surface area contributed by atoms with E-state index in [1.54, 1.807) is 12.7 Å². The monoisotopic (exact) mass is 370 g/mol. The number of nitrogens with one attached hydrogen (secondary N) is 1. The molecule has 2 aromatic rings. The third-order valence-corrected chi connectivity index (χ3v) is 5.21. The largest absolute Gasteiger partial charge is 0.331 e. The Balaban J connectivity index is 1.43. The number of benzene rings is 1. The smallest absolute Gasteiger partial charge is 0.317 e. The van der Waals surface area contributed by atoms with Crippen LogP contribution in [0.2, 0.25) is 0 Å². The lowest BCUT2D eigenvalue weighted by molar-refractivity contribution is 0.134. The molecule has 1 unspecified atom stereocenters. The van der Waals surface area contributed by atoms with E-state index in [1.807, 2.05) is 16.5 Å². The molecule has 1 saturated heterocycles. The molecular weight excluding hydrogens is 340 g/mol. The Labute approximate surface area is 161 Å². The van der Waals surface area contributed by atoms with Gasteiger partial charge in [-0.25, -0.2) is 9.78 Å². The van der Waals surface area contributed by atoms with Crippen LogP contribution in [-0.4, -0.2) is 63.3 Å². The Kier molecular flexibility index (Phi) is 6.45. The van der Waals surface area contributed by atoms with E-state index >= 15 is 0 Å². The fourth-order valence-electron chi connectivity index (χ4n) is 3.30. The van der Waals surface area contributed by atoms with Gasteiger partial charge < -0.3 is 10.2 Å². The lowest BCUT2D eigenvalue weighted by atomic mass is 10.00. The molecular formula is C20H30N6O. The quantitative estimate of drug-likeness (QED) is 0.848. The number of hydrogen-bond acceptors (Lipinski definition) is 4. The van der Waals surface area contributed by atoms with Crippen LogP contribution < -0.4 is 5.32 Å². The lowest BCUT2D eigenvalue weighted by Gasteiger charge is -2.35. The molecule has 1 fully saturated rings. The maximum atomic E-state index is 12.6. The summed E-state index contributed by atoms with van der Waals surface area (Å²) in [5.74, 6) is 0.518. The molecule has 0 radical (unpaired) electrons. The highest BCUT2D eigenvalue weighted by Gasteiger charge is 2.22. The molecule has 1 aliphatic heterocycles. The topological polar surface area (TPSA) is 66.3 Å². The van der Waals surface area contributed by atoms with Crippen molar-refractivity contribution in [2.75, 3.05) is 32.7 Å². The van der Waals surface area contributed by atoms with Crippen LogP contribution in [0.1, 0.15) is 43.9 Å². The van der Waals surface area contributed by atoms with Gasteiger partial charge in [-0.2, -0.15) is 5.10 Å². The van der Waals surface area contributed by atoms with Gasteiger partial charge in [0.15, 0.2) is 0 Å². The molecule has 7 nitrogen and oxygen atoms in total. The zero-order chi connectivity index (χ0) is 19.2. The predicted molar refractivity (Wildman–Crippen MR) is 106 cm³/mol. The van der Waals surface area contributed by atoms with Gasteiger partial charge in [0.1, 0.15) is 12.7 Å². The SMILES string of the molecule is CC(C)c1ccc(C(C)NC(=O)N2CCN(CCn3cncn3)CC2)cc1. The number of rotatable bonds is 6. The Morgan fingerprint density at radius 2 is 1.70 bits per heavy atom. The number of amides is 2. The van der Waals surface area contributed by atoms with E-state index in [2.05, 4.69) is 58.4 Å². The van der Waals surface area contributed by atoms with Crippen molar-refractivity contribution in [3.05, 3.63) is 48.0 Å². The van der Waals surface area contributed by atoms with Gasteiger partial charge in [-0.15, -0.1) is 0 Å². The summed E-state index contributed by atoms with van der Waals surface area (Å²) >= 11 is 0. The van der Waals surface area contributed by atoms with Gasteiger partial charge in [0.25, 0.3) is 0 Å². The zero-order valence-corrected chi connectivity index (χ0v) is 16.5. The molecule has 0 aliphatic carbocycles. The minimum Gasteiger partial charge on any atom is -0.331 e. The van der Waals surface area contributed by atoms with Crippen molar-refractivity contribution in [3.63, 3.8) is 0 Å². The molecule has 0 spiro atoms. The zero-order valence-electron chi connectivity index (χ0n) is 16.5. The van der Waals surface area contributed by atoms with Crippen molar-refractivity contribution < 1.29 is 4.79 Å². The van der Waals surface area contributed by atoms with Crippen LogP contribution in [0, 0.1) is 0 Å². The summed E-state index contributed by atoms with van der Waals surface area (Å²) in [6, 6.07) is 8.55. The van der Waals surface area contributed by atoms with E-state index in [1.165, 1.54) is 5.56 Å². The predicted octanol–water partition coefficient (Wildman–Crippen LogP) is 2.49. The van der Waals surface area contributed by atoms with Gasteiger partial charge in [-0.1, -0.05) is 38.1 Å². The first kappa shape index (κ1) is 19.4. The van der Waals surface area contributed by atoms with Gasteiger partial charge in [-0.05, 0) is 24.0 Å². The number of carbonyl (C=O) groups excluding carboxylic acids is 1. The third-order valence-electron chi connectivity index (χ3n) is 5.21. The fraction of sp³-hybridized carbons (Fsp3) is 0.550. The van der Waals surface area contributed by atoms with Gasteiger partial charge in [0.05, 0.1) is 12.6 Å². The Hall–Kier alpha value is -2.41. The van der Waals surface area contributed by atoms with Crippen molar-refractivity contribution in [2.45, 2.75) is 39.3 Å². The van der Waals surface area contributed by atoms with E-state index < -0.39 is 0 Å². The minimum absolute atomic E-state index is 0.00376. The highest BCUT2D eigenvalue weighted by atomic mass is 16.2. The molecule has 1 N–H and O–H groups in total. The highest BCUT2D eigenvalue weighted by molar-refractivity contribution is 5.74. The molecule has 1 atom stereocenters. The van der Waals surface area contributed by atoms with Crippen LogP contribution in [0.4, 0.5) is 4.79 Å².